The van der Waals surface area contributed by atoms with E-state index in [-0.39, 0.29) is 22.6 Å². The maximum Gasteiger partial charge on any atom is 0.272 e. The number of nitrogens with one attached hydrogen (secondary N) is 1. The molecule has 0 spiro atoms. The number of para-hydroxylation sites is 1. The Kier molecular flexibility index (Phi) is 4.65. The first-order valence-corrected chi connectivity index (χ1v) is 6.56. The van der Waals surface area contributed by atoms with Crippen molar-refractivity contribution in [2.45, 2.75) is 12.5 Å². The van der Waals surface area contributed by atoms with Crippen molar-refractivity contribution in [1.29, 1.82) is 0 Å². The van der Waals surface area contributed by atoms with Crippen molar-refractivity contribution in [2.24, 2.45) is 5.73 Å². The van der Waals surface area contributed by atoms with Gasteiger partial charge in [0.05, 0.1) is 4.92 Å². The maximum atomic E-state index is 11.4. The molecule has 20 heavy (non-hydrogen) atoms. The van der Waals surface area contributed by atoms with Gasteiger partial charge in [-0.25, -0.2) is 0 Å². The third-order valence-electron chi connectivity index (χ3n) is 3.54. The van der Waals surface area contributed by atoms with Gasteiger partial charge in [-0.1, -0.05) is 18.2 Å². The number of nitro groups is 1. The molecule has 0 aliphatic carbocycles. The SMILES string of the molecule is NC(=O)C1CNCCN1CCc1ccccc1[N+](=O)[O-]. The number of amides is 1. The molecular weight excluding hydrogens is 260 g/mol. The number of carbonyl (C=O) groups is 1. The Balaban J connectivity index is 2.04. The summed E-state index contributed by atoms with van der Waals surface area (Å²) in [6.07, 6.45) is 0.529. The number of carbonyl (C=O) groups excluding carboxylic acids is 1. The van der Waals surface area contributed by atoms with Gasteiger partial charge in [-0.2, -0.15) is 0 Å². The molecule has 1 saturated heterocycles. The smallest absolute Gasteiger partial charge is 0.272 e. The number of nitrogens with zero attached hydrogens (tertiary/aromatic N) is 2. The average molecular weight is 278 g/mol. The molecule has 1 aliphatic rings. The van der Waals surface area contributed by atoms with Gasteiger partial charge in [-0.3, -0.25) is 19.8 Å². The van der Waals surface area contributed by atoms with Gasteiger partial charge in [-0.15, -0.1) is 0 Å². The minimum absolute atomic E-state index is 0.123. The Morgan fingerprint density at radius 2 is 2.25 bits per heavy atom. The number of piperazine rings is 1. The second kappa shape index (κ2) is 6.44. The first-order valence-electron chi connectivity index (χ1n) is 6.56. The van der Waals surface area contributed by atoms with Crippen LogP contribution in [0, 0.1) is 10.1 Å². The highest BCUT2D eigenvalue weighted by Gasteiger charge is 2.26. The normalized spacial score (nSPS) is 19.7. The predicted octanol–water partition coefficient (Wildman–Crippen LogP) is -0.104. The summed E-state index contributed by atoms with van der Waals surface area (Å²) >= 11 is 0. The summed E-state index contributed by atoms with van der Waals surface area (Å²) in [5.41, 5.74) is 6.18. The fraction of sp³-hybridized carbons (Fsp3) is 0.462. The lowest BCUT2D eigenvalue weighted by atomic mass is 10.1. The Hall–Kier alpha value is -1.99. The zero-order valence-electron chi connectivity index (χ0n) is 11.1. The number of primary amides is 1. The van der Waals surface area contributed by atoms with E-state index in [1.807, 2.05) is 4.90 Å². The number of rotatable bonds is 5. The van der Waals surface area contributed by atoms with Gasteiger partial charge >= 0.3 is 0 Å². The van der Waals surface area contributed by atoms with Crippen LogP contribution in [-0.2, 0) is 11.2 Å². The molecular formula is C13H18N4O3. The van der Waals surface area contributed by atoms with Crippen LogP contribution < -0.4 is 11.1 Å². The average Bonchev–Trinajstić information content (AvgIpc) is 2.45. The number of nitro benzene ring substituents is 1. The van der Waals surface area contributed by atoms with Gasteiger partial charge in [0, 0.05) is 37.8 Å². The van der Waals surface area contributed by atoms with Gasteiger partial charge in [0.15, 0.2) is 0 Å². The molecule has 108 valence electrons. The Morgan fingerprint density at radius 1 is 1.50 bits per heavy atom. The van der Waals surface area contributed by atoms with Crippen LogP contribution in [0.25, 0.3) is 0 Å². The molecule has 0 radical (unpaired) electrons. The van der Waals surface area contributed by atoms with E-state index in [9.17, 15) is 14.9 Å². The third kappa shape index (κ3) is 3.31. The van der Waals surface area contributed by atoms with Crippen molar-refractivity contribution in [3.8, 4) is 0 Å². The Labute approximate surface area is 116 Å². The summed E-state index contributed by atoms with van der Waals surface area (Å²) in [6.45, 7) is 2.63. The molecule has 0 aromatic heterocycles. The van der Waals surface area contributed by atoms with Gasteiger partial charge in [0.2, 0.25) is 5.91 Å². The minimum atomic E-state index is -0.376. The van der Waals surface area contributed by atoms with Crippen molar-refractivity contribution in [2.75, 3.05) is 26.2 Å². The quantitative estimate of drug-likeness (QED) is 0.578. The van der Waals surface area contributed by atoms with E-state index < -0.39 is 0 Å². The fourth-order valence-corrected chi connectivity index (χ4v) is 2.46. The van der Waals surface area contributed by atoms with Gasteiger partial charge in [0.1, 0.15) is 6.04 Å². The Bertz CT molecular complexity index is 506. The molecule has 1 aromatic carbocycles. The van der Waals surface area contributed by atoms with Crippen LogP contribution in [0.3, 0.4) is 0 Å². The second-order valence-corrected chi connectivity index (χ2v) is 4.79. The van der Waals surface area contributed by atoms with Crippen LogP contribution in [0.15, 0.2) is 24.3 Å². The number of hydrogen-bond acceptors (Lipinski definition) is 5. The van der Waals surface area contributed by atoms with Crippen LogP contribution in [0.1, 0.15) is 5.56 Å². The van der Waals surface area contributed by atoms with Gasteiger partial charge in [0.25, 0.3) is 5.69 Å². The lowest BCUT2D eigenvalue weighted by Gasteiger charge is -2.34. The van der Waals surface area contributed by atoms with E-state index in [0.717, 1.165) is 6.54 Å². The summed E-state index contributed by atoms with van der Waals surface area (Å²) in [5.74, 6) is -0.361. The monoisotopic (exact) mass is 278 g/mol. The van der Waals surface area contributed by atoms with E-state index in [4.69, 9.17) is 5.73 Å². The largest absolute Gasteiger partial charge is 0.368 e. The highest BCUT2D eigenvalue weighted by Crippen LogP contribution is 2.18. The molecule has 1 aromatic rings. The molecule has 0 saturated carbocycles. The molecule has 0 bridgehead atoms. The fourth-order valence-electron chi connectivity index (χ4n) is 2.46. The summed E-state index contributed by atoms with van der Waals surface area (Å²) in [7, 11) is 0. The molecule has 1 unspecified atom stereocenters. The van der Waals surface area contributed by atoms with E-state index in [2.05, 4.69) is 5.32 Å². The van der Waals surface area contributed by atoms with Crippen molar-refractivity contribution in [1.82, 2.24) is 10.2 Å². The standard InChI is InChI=1S/C13H18N4O3/c14-13(18)12-9-15-6-8-16(12)7-5-10-3-1-2-4-11(10)17(19)20/h1-4,12,15H,5-9H2,(H2,14,18). The molecule has 1 fully saturated rings. The molecule has 3 N–H and O–H groups in total. The highest BCUT2D eigenvalue weighted by molar-refractivity contribution is 5.80. The third-order valence-corrected chi connectivity index (χ3v) is 3.54. The van der Waals surface area contributed by atoms with Crippen molar-refractivity contribution >= 4 is 11.6 Å². The molecule has 1 atom stereocenters. The first-order chi connectivity index (χ1) is 9.59. The lowest BCUT2D eigenvalue weighted by molar-refractivity contribution is -0.385. The van der Waals surface area contributed by atoms with E-state index >= 15 is 0 Å². The van der Waals surface area contributed by atoms with E-state index in [1.165, 1.54) is 6.07 Å². The Morgan fingerprint density at radius 3 is 2.95 bits per heavy atom. The number of benzene rings is 1. The van der Waals surface area contributed by atoms with Crippen LogP contribution in [0.2, 0.25) is 0 Å². The molecule has 7 heteroatoms. The minimum Gasteiger partial charge on any atom is -0.368 e. The molecule has 1 heterocycles. The lowest BCUT2D eigenvalue weighted by Crippen LogP contribution is -2.57. The van der Waals surface area contributed by atoms with Crippen molar-refractivity contribution < 1.29 is 9.72 Å². The van der Waals surface area contributed by atoms with E-state index in [0.29, 0.717) is 31.6 Å². The molecule has 7 nitrogen and oxygen atoms in total. The summed E-state index contributed by atoms with van der Waals surface area (Å²) in [6, 6.07) is 6.34. The maximum absolute atomic E-state index is 11.4. The summed E-state index contributed by atoms with van der Waals surface area (Å²) in [5, 5.41) is 14.1. The topological polar surface area (TPSA) is 102 Å². The van der Waals surface area contributed by atoms with Crippen LogP contribution in [0.5, 0.6) is 0 Å². The van der Waals surface area contributed by atoms with Crippen LogP contribution >= 0.6 is 0 Å². The van der Waals surface area contributed by atoms with Gasteiger partial charge < -0.3 is 11.1 Å². The summed E-state index contributed by atoms with van der Waals surface area (Å²) < 4.78 is 0. The number of nitrogens with two attached hydrogens (primary N) is 1. The highest BCUT2D eigenvalue weighted by atomic mass is 16.6. The molecule has 1 amide bonds. The zero-order chi connectivity index (χ0) is 14.5. The summed E-state index contributed by atoms with van der Waals surface area (Å²) in [4.78, 5) is 23.9. The van der Waals surface area contributed by atoms with Crippen molar-refractivity contribution in [3.63, 3.8) is 0 Å². The van der Waals surface area contributed by atoms with Crippen molar-refractivity contribution in [3.05, 3.63) is 39.9 Å². The number of hydrogen-bond donors (Lipinski definition) is 2. The molecule has 2 rings (SSSR count). The second-order valence-electron chi connectivity index (χ2n) is 4.79. The van der Waals surface area contributed by atoms with Crippen LogP contribution in [0.4, 0.5) is 5.69 Å². The predicted molar refractivity (Wildman–Crippen MR) is 74.2 cm³/mol. The van der Waals surface area contributed by atoms with Crippen LogP contribution in [-0.4, -0.2) is 48.0 Å². The molecule has 1 aliphatic heterocycles. The first kappa shape index (κ1) is 14.4. The zero-order valence-corrected chi connectivity index (χ0v) is 11.1. The van der Waals surface area contributed by atoms with Gasteiger partial charge in [-0.05, 0) is 6.42 Å². The van der Waals surface area contributed by atoms with E-state index in [1.54, 1.807) is 18.2 Å².